The topological polar surface area (TPSA) is 40.5 Å². The normalized spacial score (nSPS) is 22.0. The van der Waals surface area contributed by atoms with E-state index in [9.17, 15) is 0 Å². The maximum absolute atomic E-state index is 9.03. The summed E-state index contributed by atoms with van der Waals surface area (Å²) in [5, 5.41) is 18.1. The molecule has 1 rings (SSSR count). The molecule has 0 unspecified atom stereocenters. The molecule has 0 spiro atoms. The number of hydrogen-bond donors (Lipinski definition) is 2. The third-order valence-corrected chi connectivity index (χ3v) is 1.47. The van der Waals surface area contributed by atoms with Gasteiger partial charge in [0.25, 0.3) is 0 Å². The van der Waals surface area contributed by atoms with Crippen LogP contribution < -0.4 is 5.46 Å². The first-order valence-electron chi connectivity index (χ1n) is 6.88. The molecule has 12 heavy (non-hydrogen) atoms. The molecule has 0 saturated heterocycles. The molecule has 0 aliphatic rings. The summed E-state index contributed by atoms with van der Waals surface area (Å²) < 4.78 is 51.8. The zero-order chi connectivity index (χ0) is 15.1. The number of rotatable bonds is 2. The molecule has 0 aliphatic heterocycles. The van der Waals surface area contributed by atoms with Crippen LogP contribution in [-0.2, 0) is 0 Å². The first-order chi connectivity index (χ1) is 8.41. The van der Waals surface area contributed by atoms with Crippen molar-refractivity contribution in [2.45, 2.75) is 19.6 Å². The molecule has 2 N–H and O–H groups in total. The molecule has 0 aliphatic carbocycles. The minimum atomic E-state index is -3.09. The molecule has 0 saturated carbocycles. The maximum Gasteiger partial charge on any atom is 0.488 e. The zero-order valence-corrected chi connectivity index (χ0v) is 6.28. The Morgan fingerprint density at radius 1 is 1.50 bits per heavy atom. The van der Waals surface area contributed by atoms with Gasteiger partial charge in [-0.2, -0.15) is 0 Å². The number of hydrogen-bond acceptors (Lipinski definition) is 2. The zero-order valence-electron chi connectivity index (χ0n) is 13.3. The summed E-state index contributed by atoms with van der Waals surface area (Å²) in [6.07, 6.45) is 0. The van der Waals surface area contributed by atoms with E-state index in [-0.39, 0.29) is 11.0 Å². The summed E-state index contributed by atoms with van der Waals surface area (Å²) in [4.78, 5) is 0. The SMILES string of the molecule is [2H]C([2H])([2H])C([2H])(c1cccc(B(O)O)c1)C([2H])([2H])[2H]. The van der Waals surface area contributed by atoms with E-state index in [1.165, 1.54) is 18.2 Å². The molecule has 0 radical (unpaired) electrons. The fourth-order valence-electron chi connectivity index (χ4n) is 0.855. The average molecular weight is 171 g/mol. The summed E-state index contributed by atoms with van der Waals surface area (Å²) in [7, 11) is -1.86. The van der Waals surface area contributed by atoms with Crippen LogP contribution in [0, 0.1) is 0 Å². The second-order valence-electron chi connectivity index (χ2n) is 2.37. The molecule has 1 aromatic carbocycles. The van der Waals surface area contributed by atoms with Gasteiger partial charge in [0.1, 0.15) is 0 Å². The van der Waals surface area contributed by atoms with Crippen molar-refractivity contribution >= 4 is 12.6 Å². The van der Waals surface area contributed by atoms with Gasteiger partial charge in [-0.3, -0.25) is 0 Å². The summed E-state index contributed by atoms with van der Waals surface area (Å²) in [6, 6.07) is 4.77. The molecular formula is C9H13BO2. The lowest BCUT2D eigenvalue weighted by Crippen LogP contribution is -2.29. The molecule has 0 aromatic heterocycles. The predicted octanol–water partition coefficient (Wildman–Crippen LogP) is 0.490. The van der Waals surface area contributed by atoms with E-state index in [0.717, 1.165) is 6.07 Å². The highest BCUT2D eigenvalue weighted by Crippen LogP contribution is 2.11. The minimum absolute atomic E-state index is 0.0670. The number of benzene rings is 1. The lowest BCUT2D eigenvalue weighted by Gasteiger charge is -2.06. The van der Waals surface area contributed by atoms with Gasteiger partial charge in [-0.1, -0.05) is 38.0 Å². The van der Waals surface area contributed by atoms with Crippen molar-refractivity contribution in [2.24, 2.45) is 0 Å². The van der Waals surface area contributed by atoms with Gasteiger partial charge in [0, 0.05) is 9.60 Å². The molecule has 0 heterocycles. The van der Waals surface area contributed by atoms with Gasteiger partial charge in [-0.25, -0.2) is 0 Å². The van der Waals surface area contributed by atoms with Crippen molar-refractivity contribution < 1.29 is 19.6 Å². The highest BCUT2D eigenvalue weighted by molar-refractivity contribution is 6.58. The summed E-state index contributed by atoms with van der Waals surface area (Å²) in [5.41, 5.74) is -0.374. The van der Waals surface area contributed by atoms with Gasteiger partial charge < -0.3 is 10.0 Å². The monoisotopic (exact) mass is 171 g/mol. The van der Waals surface area contributed by atoms with Crippen LogP contribution in [0.15, 0.2) is 24.3 Å². The molecule has 64 valence electrons. The smallest absolute Gasteiger partial charge is 0.423 e. The lowest BCUT2D eigenvalue weighted by molar-refractivity contribution is 0.425. The Balaban J connectivity index is 3.48. The Hall–Kier alpha value is -0.795. The summed E-state index contributed by atoms with van der Waals surface area (Å²) in [6.45, 7) is -6.17. The van der Waals surface area contributed by atoms with E-state index in [2.05, 4.69) is 0 Å². The Morgan fingerprint density at radius 2 is 2.25 bits per heavy atom. The summed E-state index contributed by atoms with van der Waals surface area (Å²) in [5.74, 6) is -2.83. The Bertz CT molecular complexity index is 441. The Labute approximate surface area is 82.8 Å². The second kappa shape index (κ2) is 3.74. The van der Waals surface area contributed by atoms with E-state index < -0.39 is 26.7 Å². The fourth-order valence-corrected chi connectivity index (χ4v) is 0.855. The molecule has 0 bridgehead atoms. The van der Waals surface area contributed by atoms with Gasteiger partial charge in [0.05, 0.1) is 0 Å². The highest BCUT2D eigenvalue weighted by Gasteiger charge is 2.11. The van der Waals surface area contributed by atoms with Crippen LogP contribution in [0.25, 0.3) is 0 Å². The van der Waals surface area contributed by atoms with Gasteiger partial charge in [-0.05, 0) is 16.9 Å². The van der Waals surface area contributed by atoms with Crippen LogP contribution in [0.5, 0.6) is 0 Å². The minimum Gasteiger partial charge on any atom is -0.423 e. The van der Waals surface area contributed by atoms with Crippen LogP contribution in [0.1, 0.15) is 34.8 Å². The van der Waals surface area contributed by atoms with Gasteiger partial charge in [-0.15, -0.1) is 0 Å². The quantitative estimate of drug-likeness (QED) is 0.635. The van der Waals surface area contributed by atoms with Crippen molar-refractivity contribution in [3.8, 4) is 0 Å². The first kappa shape index (κ1) is 3.52. The van der Waals surface area contributed by atoms with E-state index in [1.54, 1.807) is 0 Å². The molecule has 3 heteroatoms. The molecule has 2 nitrogen and oxygen atoms in total. The fraction of sp³-hybridized carbons (Fsp3) is 0.333. The van der Waals surface area contributed by atoms with Crippen LogP contribution in [0.2, 0.25) is 0 Å². The van der Waals surface area contributed by atoms with Crippen LogP contribution in [0.3, 0.4) is 0 Å². The highest BCUT2D eigenvalue weighted by atomic mass is 16.4. The maximum atomic E-state index is 9.03. The third kappa shape index (κ3) is 2.09. The molecule has 0 fully saturated rings. The first-order valence-corrected chi connectivity index (χ1v) is 3.38. The van der Waals surface area contributed by atoms with Crippen molar-refractivity contribution in [3.63, 3.8) is 0 Å². The van der Waals surface area contributed by atoms with E-state index in [1.807, 2.05) is 0 Å². The van der Waals surface area contributed by atoms with E-state index >= 15 is 0 Å². The van der Waals surface area contributed by atoms with Gasteiger partial charge in [0.2, 0.25) is 0 Å². The van der Waals surface area contributed by atoms with Crippen LogP contribution in [0.4, 0.5) is 0 Å². The van der Waals surface area contributed by atoms with Crippen molar-refractivity contribution in [2.75, 3.05) is 0 Å². The van der Waals surface area contributed by atoms with Crippen LogP contribution in [-0.4, -0.2) is 17.2 Å². The van der Waals surface area contributed by atoms with Crippen molar-refractivity contribution in [3.05, 3.63) is 29.8 Å². The van der Waals surface area contributed by atoms with E-state index in [0.29, 0.717) is 0 Å². The Morgan fingerprint density at radius 3 is 2.83 bits per heavy atom. The predicted molar refractivity (Wildman–Crippen MR) is 50.4 cm³/mol. The standard InChI is InChI=1S/C9H13BO2/c1-7(2)8-4-3-5-9(6-8)10(11)12/h3-7,11-12H,1-2H3/i1D3,2D3,7D. The van der Waals surface area contributed by atoms with Gasteiger partial charge in [0.15, 0.2) is 0 Å². The van der Waals surface area contributed by atoms with Crippen molar-refractivity contribution in [1.29, 1.82) is 0 Å². The van der Waals surface area contributed by atoms with Crippen LogP contribution >= 0.6 is 0 Å². The summed E-state index contributed by atoms with van der Waals surface area (Å²) >= 11 is 0. The van der Waals surface area contributed by atoms with Crippen molar-refractivity contribution in [1.82, 2.24) is 0 Å². The largest absolute Gasteiger partial charge is 0.488 e. The molecule has 0 amide bonds. The molecular weight excluding hydrogens is 151 g/mol. The lowest BCUT2D eigenvalue weighted by atomic mass is 9.79. The molecule has 1 aromatic rings. The Kier molecular flexibility index (Phi) is 1.10. The average Bonchev–Trinajstić information content (AvgIpc) is 2.25. The van der Waals surface area contributed by atoms with E-state index in [4.69, 9.17) is 19.6 Å². The molecule has 0 atom stereocenters. The van der Waals surface area contributed by atoms with Gasteiger partial charge >= 0.3 is 7.12 Å². The third-order valence-electron chi connectivity index (χ3n) is 1.47. The second-order valence-corrected chi connectivity index (χ2v) is 2.37.